The van der Waals surface area contributed by atoms with E-state index in [2.05, 4.69) is 108 Å². The summed E-state index contributed by atoms with van der Waals surface area (Å²) in [5.74, 6) is 1.36. The number of aromatic nitrogens is 1. The maximum Gasteiger partial charge on any atom is 0.179 e. The molecule has 0 radical (unpaired) electrons. The van der Waals surface area contributed by atoms with Crippen molar-refractivity contribution in [3.63, 3.8) is 0 Å². The Morgan fingerprint density at radius 3 is 2.35 bits per heavy atom. The topological polar surface area (TPSA) is 52.0 Å². The predicted molar refractivity (Wildman–Crippen MR) is 213 cm³/mol. The maximum absolute atomic E-state index is 6.45. The highest BCUT2D eigenvalue weighted by Gasteiger charge is 2.29. The lowest BCUT2D eigenvalue weighted by Crippen LogP contribution is -2.05. The van der Waals surface area contributed by atoms with Gasteiger partial charge in [0, 0.05) is 43.9 Å². The number of para-hydroxylation sites is 2. The van der Waals surface area contributed by atoms with Crippen LogP contribution < -0.4 is 4.74 Å². The van der Waals surface area contributed by atoms with Crippen molar-refractivity contribution >= 4 is 73.9 Å². The standard InChI is InChI=1S/C46H33N3O2/c1-4-13-39-33(5-2)35-25-22-31-26-42-38(34-16-9-11-18-40(34)50-42)27-37(31)45(35)49(39)32-23-20-30(21-24-32)43(47-3)46-44(36-17-10-12-19-41(36)51-46)48-28-29-14-7-6-8-15-29/h4-27H,2-3,28H2,1H3/b13-4-,46-43+,48-44?. The number of nitrogens with zero attached hydrogens (tertiary/aromatic N) is 3. The summed E-state index contributed by atoms with van der Waals surface area (Å²) in [6, 6.07) is 43.6. The molecule has 0 bridgehead atoms. The van der Waals surface area contributed by atoms with Crippen LogP contribution in [-0.2, 0) is 6.54 Å². The van der Waals surface area contributed by atoms with Crippen LogP contribution in [0.4, 0.5) is 0 Å². The quantitative estimate of drug-likeness (QED) is 0.160. The summed E-state index contributed by atoms with van der Waals surface area (Å²) in [6.07, 6.45) is 6.18. The van der Waals surface area contributed by atoms with Crippen LogP contribution in [0, 0.1) is 0 Å². The van der Waals surface area contributed by atoms with Gasteiger partial charge in [0.15, 0.2) is 5.76 Å². The number of benzene rings is 6. The molecule has 0 unspecified atom stereocenters. The molecule has 9 rings (SSSR count). The molecule has 6 aromatic carbocycles. The summed E-state index contributed by atoms with van der Waals surface area (Å²) < 4.78 is 15.0. The second kappa shape index (κ2) is 12.3. The van der Waals surface area contributed by atoms with E-state index < -0.39 is 0 Å². The molecule has 1 aliphatic rings. The molecular formula is C46H33N3O2. The number of ether oxygens (including phenoxy) is 1. The first kappa shape index (κ1) is 30.3. The summed E-state index contributed by atoms with van der Waals surface area (Å²) >= 11 is 0. The van der Waals surface area contributed by atoms with Crippen LogP contribution in [0.15, 0.2) is 160 Å². The van der Waals surface area contributed by atoms with E-state index in [1.165, 1.54) is 0 Å². The minimum absolute atomic E-state index is 0.523. The number of hydrogen-bond acceptors (Lipinski definition) is 4. The highest BCUT2D eigenvalue weighted by atomic mass is 16.5. The lowest BCUT2D eigenvalue weighted by atomic mass is 10.0. The van der Waals surface area contributed by atoms with Crippen LogP contribution in [0.3, 0.4) is 0 Å². The number of rotatable bonds is 7. The smallest absolute Gasteiger partial charge is 0.179 e. The Bertz CT molecular complexity index is 2780. The highest BCUT2D eigenvalue weighted by molar-refractivity contribution is 6.20. The van der Waals surface area contributed by atoms with Crippen LogP contribution in [0.2, 0.25) is 0 Å². The Labute approximate surface area is 295 Å². The minimum Gasteiger partial charge on any atom is -0.456 e. The largest absolute Gasteiger partial charge is 0.456 e. The van der Waals surface area contributed by atoms with Gasteiger partial charge in [0.2, 0.25) is 0 Å². The van der Waals surface area contributed by atoms with Crippen molar-refractivity contribution in [1.29, 1.82) is 0 Å². The third-order valence-corrected chi connectivity index (χ3v) is 9.65. The van der Waals surface area contributed by atoms with E-state index in [9.17, 15) is 0 Å². The van der Waals surface area contributed by atoms with Gasteiger partial charge in [-0.3, -0.25) is 9.98 Å². The molecule has 8 aromatic rings. The molecule has 0 atom stereocenters. The first-order valence-electron chi connectivity index (χ1n) is 17.0. The molecule has 5 nitrogen and oxygen atoms in total. The van der Waals surface area contributed by atoms with E-state index in [-0.39, 0.29) is 0 Å². The summed E-state index contributed by atoms with van der Waals surface area (Å²) in [5.41, 5.74) is 10.4. The number of fused-ring (bicyclic) bond motifs is 7. The molecule has 0 amide bonds. The van der Waals surface area contributed by atoms with E-state index >= 15 is 0 Å². The van der Waals surface area contributed by atoms with Gasteiger partial charge in [0.1, 0.15) is 28.3 Å². The Morgan fingerprint density at radius 1 is 0.765 bits per heavy atom. The van der Waals surface area contributed by atoms with Crippen LogP contribution in [0.1, 0.15) is 34.9 Å². The van der Waals surface area contributed by atoms with Crippen LogP contribution in [0.5, 0.6) is 5.75 Å². The second-order valence-electron chi connectivity index (χ2n) is 12.6. The molecule has 1 aliphatic heterocycles. The van der Waals surface area contributed by atoms with Crippen molar-refractivity contribution in [2.45, 2.75) is 13.5 Å². The molecule has 0 saturated heterocycles. The Balaban J connectivity index is 1.22. The molecule has 51 heavy (non-hydrogen) atoms. The lowest BCUT2D eigenvalue weighted by Gasteiger charge is -2.13. The van der Waals surface area contributed by atoms with E-state index in [1.54, 1.807) is 0 Å². The normalized spacial score (nSPS) is 14.6. The third kappa shape index (κ3) is 4.93. The van der Waals surface area contributed by atoms with Gasteiger partial charge in [0.05, 0.1) is 17.8 Å². The number of hydrogen-bond donors (Lipinski definition) is 0. The Hall–Kier alpha value is -6.72. The molecule has 0 spiro atoms. The average molecular weight is 660 g/mol. The van der Waals surface area contributed by atoms with Crippen LogP contribution in [-0.4, -0.2) is 17.0 Å². The van der Waals surface area contributed by atoms with Gasteiger partial charge in [-0.15, -0.1) is 0 Å². The molecule has 244 valence electrons. The molecule has 0 aliphatic carbocycles. The molecule has 2 aromatic heterocycles. The SMILES string of the molecule is C=Cc1c(/C=C\C)n(-c2ccc(/C(N=C)=C3\Oc4ccccc4C3=NCc3ccccc3)cc2)c2c1ccc1cc3oc4ccccc4c3cc12. The Kier molecular flexibility index (Phi) is 7.32. The zero-order valence-corrected chi connectivity index (χ0v) is 28.1. The van der Waals surface area contributed by atoms with E-state index in [4.69, 9.17) is 14.1 Å². The van der Waals surface area contributed by atoms with Gasteiger partial charge in [-0.1, -0.05) is 104 Å². The van der Waals surface area contributed by atoms with E-state index in [1.807, 2.05) is 67.6 Å². The average Bonchev–Trinajstić information content (AvgIpc) is 3.83. The fourth-order valence-electron chi connectivity index (χ4n) is 7.33. The predicted octanol–water partition coefficient (Wildman–Crippen LogP) is 11.8. The van der Waals surface area contributed by atoms with Crippen LogP contribution in [0.25, 0.3) is 67.2 Å². The zero-order valence-electron chi connectivity index (χ0n) is 28.1. The van der Waals surface area contributed by atoms with Gasteiger partial charge in [-0.05, 0) is 73.1 Å². The zero-order chi connectivity index (χ0) is 34.5. The molecule has 0 N–H and O–H groups in total. The van der Waals surface area contributed by atoms with Crippen molar-refractivity contribution in [1.82, 2.24) is 4.57 Å². The highest BCUT2D eigenvalue weighted by Crippen LogP contribution is 2.41. The number of allylic oxidation sites excluding steroid dienone is 2. The first-order chi connectivity index (χ1) is 25.2. The van der Waals surface area contributed by atoms with Gasteiger partial charge in [-0.25, -0.2) is 0 Å². The summed E-state index contributed by atoms with van der Waals surface area (Å²) in [4.78, 5) is 9.56. The van der Waals surface area contributed by atoms with Crippen molar-refractivity contribution in [3.05, 3.63) is 174 Å². The number of aliphatic imine (C=N–C) groups is 2. The third-order valence-electron chi connectivity index (χ3n) is 9.65. The van der Waals surface area contributed by atoms with Crippen molar-refractivity contribution < 1.29 is 9.15 Å². The van der Waals surface area contributed by atoms with E-state index in [0.29, 0.717) is 18.0 Å². The maximum atomic E-state index is 6.45. The fourth-order valence-corrected chi connectivity index (χ4v) is 7.33. The fraction of sp³-hybridized carbons (Fsp3) is 0.0435. The van der Waals surface area contributed by atoms with Crippen LogP contribution >= 0.6 is 0 Å². The summed E-state index contributed by atoms with van der Waals surface area (Å²) in [5, 5.41) is 5.58. The Morgan fingerprint density at radius 2 is 1.55 bits per heavy atom. The monoisotopic (exact) mass is 659 g/mol. The minimum atomic E-state index is 0.523. The van der Waals surface area contributed by atoms with Gasteiger partial charge >= 0.3 is 0 Å². The summed E-state index contributed by atoms with van der Waals surface area (Å²) in [6.45, 7) is 10.8. The van der Waals surface area contributed by atoms with Crippen molar-refractivity contribution in [3.8, 4) is 11.4 Å². The van der Waals surface area contributed by atoms with Crippen molar-refractivity contribution in [2.75, 3.05) is 0 Å². The molecule has 0 fully saturated rings. The summed E-state index contributed by atoms with van der Waals surface area (Å²) in [7, 11) is 0. The van der Waals surface area contributed by atoms with Gasteiger partial charge in [0.25, 0.3) is 0 Å². The van der Waals surface area contributed by atoms with Gasteiger partial charge in [-0.2, -0.15) is 0 Å². The van der Waals surface area contributed by atoms with Crippen molar-refractivity contribution in [2.24, 2.45) is 9.98 Å². The molecule has 3 heterocycles. The number of furan rings is 1. The second-order valence-corrected chi connectivity index (χ2v) is 12.6. The van der Waals surface area contributed by atoms with E-state index in [0.717, 1.165) is 88.7 Å². The molecular weight excluding hydrogens is 627 g/mol. The first-order valence-corrected chi connectivity index (χ1v) is 17.0. The molecule has 0 saturated carbocycles. The lowest BCUT2D eigenvalue weighted by molar-refractivity contribution is 0.470. The molecule has 5 heteroatoms. The van der Waals surface area contributed by atoms with Gasteiger partial charge < -0.3 is 13.7 Å².